The lowest BCUT2D eigenvalue weighted by Crippen LogP contribution is -2.55. The van der Waals surface area contributed by atoms with Crippen LogP contribution < -0.4 is 9.47 Å². The lowest BCUT2D eigenvalue weighted by Gasteiger charge is -2.45. The molecule has 2 aromatic heterocycles. The van der Waals surface area contributed by atoms with Crippen molar-refractivity contribution in [1.82, 2.24) is 19.2 Å². The predicted molar refractivity (Wildman–Crippen MR) is 124 cm³/mol. The summed E-state index contributed by atoms with van der Waals surface area (Å²) in [6.07, 6.45) is -0.539. The van der Waals surface area contributed by atoms with Gasteiger partial charge in [0.2, 0.25) is 0 Å². The molecule has 0 atom stereocenters. The Hall–Kier alpha value is -3.27. The number of alkyl halides is 3. The number of hydrogen-bond acceptors (Lipinski definition) is 5. The normalized spacial score (nSPS) is 17.9. The van der Waals surface area contributed by atoms with Crippen molar-refractivity contribution in [3.05, 3.63) is 47.8 Å². The number of likely N-dealkylation sites (tertiary alicyclic amines) is 1. The molecule has 7 nitrogen and oxygen atoms in total. The highest BCUT2D eigenvalue weighted by Gasteiger charge is 2.38. The Morgan fingerprint density at radius 1 is 1.20 bits per heavy atom. The number of carbonyl (C=O) groups is 1. The van der Waals surface area contributed by atoms with E-state index < -0.39 is 18.6 Å². The summed E-state index contributed by atoms with van der Waals surface area (Å²) < 4.78 is 52.1. The van der Waals surface area contributed by atoms with Crippen LogP contribution in [0.3, 0.4) is 0 Å². The molecule has 5 rings (SSSR count). The molecule has 1 aromatic carbocycles. The Morgan fingerprint density at radius 3 is 2.66 bits per heavy atom. The molecule has 0 saturated carbocycles. The van der Waals surface area contributed by atoms with Crippen LogP contribution in [0.4, 0.5) is 13.2 Å². The summed E-state index contributed by atoms with van der Waals surface area (Å²) in [5.41, 5.74) is 3.25. The minimum Gasteiger partial charge on any atom is -0.496 e. The zero-order valence-electron chi connectivity index (χ0n) is 19.9. The van der Waals surface area contributed by atoms with Gasteiger partial charge in [-0.2, -0.15) is 13.2 Å². The quantitative estimate of drug-likeness (QED) is 0.527. The van der Waals surface area contributed by atoms with Gasteiger partial charge >= 0.3 is 6.18 Å². The van der Waals surface area contributed by atoms with Gasteiger partial charge in [-0.25, -0.2) is 4.98 Å². The third kappa shape index (κ3) is 4.54. The van der Waals surface area contributed by atoms with Crippen molar-refractivity contribution in [1.29, 1.82) is 0 Å². The van der Waals surface area contributed by atoms with Gasteiger partial charge < -0.3 is 19.3 Å². The number of methoxy groups -OCH3 is 1. The second-order valence-corrected chi connectivity index (χ2v) is 9.81. The number of pyridine rings is 1. The molecular formula is C25H27F3N4O3. The van der Waals surface area contributed by atoms with Gasteiger partial charge in [0.15, 0.2) is 0 Å². The largest absolute Gasteiger partial charge is 0.496 e. The van der Waals surface area contributed by atoms with Crippen LogP contribution in [0, 0.1) is 5.41 Å². The number of ether oxygens (including phenoxy) is 2. The number of carbonyl (C=O) groups excluding carboxylic acids is 1. The number of nitrogens with zero attached hydrogens (tertiary/aromatic N) is 4. The molecule has 0 spiro atoms. The van der Waals surface area contributed by atoms with Crippen molar-refractivity contribution in [2.75, 3.05) is 46.9 Å². The smallest absolute Gasteiger partial charge is 0.406 e. The van der Waals surface area contributed by atoms with Gasteiger partial charge in [-0.15, -0.1) is 0 Å². The SMILES string of the molecule is COc1cc(-c2cnc3cc(OCC4(C)CN(C)C4)ccn23)cc2c1C(=O)N(CC(F)(F)F)CC2. The third-order valence-electron chi connectivity index (χ3n) is 6.60. The van der Waals surface area contributed by atoms with Crippen LogP contribution in [0.1, 0.15) is 22.8 Å². The number of fused-ring (bicyclic) bond motifs is 2. The average molecular weight is 489 g/mol. The van der Waals surface area contributed by atoms with Gasteiger partial charge in [-0.3, -0.25) is 9.20 Å². The molecule has 0 aliphatic carbocycles. The first-order chi connectivity index (χ1) is 16.5. The summed E-state index contributed by atoms with van der Waals surface area (Å²) in [5.74, 6) is 0.324. The van der Waals surface area contributed by atoms with Gasteiger partial charge in [0, 0.05) is 42.9 Å². The molecule has 2 aliphatic heterocycles. The fourth-order valence-corrected chi connectivity index (χ4v) is 5.18. The van der Waals surface area contributed by atoms with Crippen LogP contribution in [-0.4, -0.2) is 78.2 Å². The Balaban J connectivity index is 1.42. The molecule has 186 valence electrons. The van der Waals surface area contributed by atoms with Gasteiger partial charge in [-0.05, 0) is 37.2 Å². The van der Waals surface area contributed by atoms with Gasteiger partial charge in [0.05, 0.1) is 31.2 Å². The van der Waals surface area contributed by atoms with E-state index in [9.17, 15) is 18.0 Å². The number of amides is 1. The summed E-state index contributed by atoms with van der Waals surface area (Å²) in [6.45, 7) is 3.56. The van der Waals surface area contributed by atoms with E-state index in [4.69, 9.17) is 9.47 Å². The molecule has 0 N–H and O–H groups in total. The van der Waals surface area contributed by atoms with Crippen molar-refractivity contribution >= 4 is 11.6 Å². The third-order valence-corrected chi connectivity index (χ3v) is 6.60. The molecule has 1 amide bonds. The lowest BCUT2D eigenvalue weighted by atomic mass is 9.83. The molecule has 0 unspecified atom stereocenters. The number of imidazole rings is 1. The van der Waals surface area contributed by atoms with Gasteiger partial charge in [-0.1, -0.05) is 6.92 Å². The highest BCUT2D eigenvalue weighted by molar-refractivity contribution is 6.00. The molecule has 0 bridgehead atoms. The second kappa shape index (κ2) is 8.44. The van der Waals surface area contributed by atoms with Crippen molar-refractivity contribution in [3.63, 3.8) is 0 Å². The number of rotatable bonds is 6. The van der Waals surface area contributed by atoms with Crippen LogP contribution in [0.15, 0.2) is 36.7 Å². The Morgan fingerprint density at radius 2 is 1.97 bits per heavy atom. The Labute approximate surface area is 201 Å². The van der Waals surface area contributed by atoms with E-state index in [1.54, 1.807) is 12.3 Å². The summed E-state index contributed by atoms with van der Waals surface area (Å²) in [7, 11) is 3.50. The average Bonchev–Trinajstić information content (AvgIpc) is 3.20. The van der Waals surface area contributed by atoms with Crippen molar-refractivity contribution < 1.29 is 27.4 Å². The second-order valence-electron chi connectivity index (χ2n) is 9.81. The standard InChI is InChI=1S/C25H27F3N4O3/c1-24(12-30(2)13-24)15-35-18-5-7-32-19(11-29-21(32)10-18)17-8-16-4-6-31(14-25(26,27)28)23(33)22(16)20(9-17)34-3/h5,7-11H,4,6,12-15H2,1-3H3. The Kier molecular flexibility index (Phi) is 5.66. The van der Waals surface area contributed by atoms with E-state index in [1.807, 2.05) is 28.8 Å². The van der Waals surface area contributed by atoms with Crippen molar-refractivity contribution in [3.8, 4) is 22.8 Å². The van der Waals surface area contributed by atoms with E-state index in [2.05, 4.69) is 23.9 Å². The molecule has 2 aliphatic rings. The first kappa shape index (κ1) is 23.5. The molecular weight excluding hydrogens is 461 g/mol. The monoisotopic (exact) mass is 488 g/mol. The van der Waals surface area contributed by atoms with E-state index in [0.717, 1.165) is 35.0 Å². The van der Waals surface area contributed by atoms with E-state index in [1.165, 1.54) is 7.11 Å². The van der Waals surface area contributed by atoms with Crippen molar-refractivity contribution in [2.45, 2.75) is 19.5 Å². The minimum absolute atomic E-state index is 0.000509. The maximum Gasteiger partial charge on any atom is 0.406 e. The first-order valence-electron chi connectivity index (χ1n) is 11.4. The summed E-state index contributed by atoms with van der Waals surface area (Å²) in [6, 6.07) is 7.28. The fraction of sp³-hybridized carbons (Fsp3) is 0.440. The first-order valence-corrected chi connectivity index (χ1v) is 11.4. The Bertz CT molecular complexity index is 1260. The molecule has 3 aromatic rings. The molecule has 0 radical (unpaired) electrons. The van der Waals surface area contributed by atoms with E-state index >= 15 is 0 Å². The maximum atomic E-state index is 12.9. The van der Waals surface area contributed by atoms with Gasteiger partial charge in [0.1, 0.15) is 23.7 Å². The summed E-state index contributed by atoms with van der Waals surface area (Å²) in [4.78, 5) is 20.4. The molecule has 35 heavy (non-hydrogen) atoms. The van der Waals surface area contributed by atoms with E-state index in [-0.39, 0.29) is 23.3 Å². The van der Waals surface area contributed by atoms with Crippen LogP contribution in [0.25, 0.3) is 16.9 Å². The molecule has 1 fully saturated rings. The lowest BCUT2D eigenvalue weighted by molar-refractivity contribution is -0.141. The maximum absolute atomic E-state index is 12.9. The van der Waals surface area contributed by atoms with Crippen LogP contribution in [0.5, 0.6) is 11.5 Å². The van der Waals surface area contributed by atoms with Gasteiger partial charge in [0.25, 0.3) is 5.91 Å². The fourth-order valence-electron chi connectivity index (χ4n) is 5.18. The number of hydrogen-bond donors (Lipinski definition) is 0. The molecule has 1 saturated heterocycles. The number of benzene rings is 1. The molecule has 10 heteroatoms. The topological polar surface area (TPSA) is 59.3 Å². The van der Waals surface area contributed by atoms with Crippen LogP contribution >= 0.6 is 0 Å². The van der Waals surface area contributed by atoms with Crippen molar-refractivity contribution in [2.24, 2.45) is 5.41 Å². The highest BCUT2D eigenvalue weighted by atomic mass is 19.4. The van der Waals surface area contributed by atoms with Crippen LogP contribution in [0.2, 0.25) is 0 Å². The van der Waals surface area contributed by atoms with E-state index in [0.29, 0.717) is 24.2 Å². The minimum atomic E-state index is -4.45. The number of halogens is 3. The number of aromatic nitrogens is 2. The summed E-state index contributed by atoms with van der Waals surface area (Å²) in [5, 5.41) is 0. The zero-order valence-corrected chi connectivity index (χ0v) is 19.9. The molecule has 4 heterocycles. The predicted octanol–water partition coefficient (Wildman–Crippen LogP) is 3.90. The zero-order chi connectivity index (χ0) is 25.0. The van der Waals surface area contributed by atoms with Crippen LogP contribution in [-0.2, 0) is 6.42 Å². The summed E-state index contributed by atoms with van der Waals surface area (Å²) >= 11 is 0. The highest BCUT2D eigenvalue weighted by Crippen LogP contribution is 2.36.